The lowest BCUT2D eigenvalue weighted by atomic mass is 10.2. The van der Waals surface area contributed by atoms with E-state index in [0.717, 1.165) is 45.0 Å². The minimum absolute atomic E-state index is 0. The van der Waals surface area contributed by atoms with Gasteiger partial charge in [-0.1, -0.05) is 0 Å². The molecule has 3 saturated heterocycles. The van der Waals surface area contributed by atoms with Crippen LogP contribution >= 0.6 is 24.0 Å². The van der Waals surface area contributed by atoms with Gasteiger partial charge in [-0.25, -0.2) is 4.99 Å². The SMILES string of the molecule is CN(C)C(=O)CN=C(NCC1CCCO1)N1CCC(N2CCCC2)C1.I. The van der Waals surface area contributed by atoms with Crippen molar-refractivity contribution >= 4 is 35.8 Å². The lowest BCUT2D eigenvalue weighted by Gasteiger charge is -2.26. The normalized spacial score (nSPS) is 26.8. The van der Waals surface area contributed by atoms with Crippen molar-refractivity contribution in [3.63, 3.8) is 0 Å². The van der Waals surface area contributed by atoms with E-state index in [-0.39, 0.29) is 42.5 Å². The number of nitrogens with one attached hydrogen (secondary N) is 1. The minimum Gasteiger partial charge on any atom is -0.376 e. The third-order valence-corrected chi connectivity index (χ3v) is 5.49. The van der Waals surface area contributed by atoms with Crippen LogP contribution in [0.15, 0.2) is 4.99 Å². The third kappa shape index (κ3) is 5.95. The van der Waals surface area contributed by atoms with E-state index >= 15 is 0 Å². The van der Waals surface area contributed by atoms with Gasteiger partial charge in [-0.3, -0.25) is 9.69 Å². The average Bonchev–Trinajstić information content (AvgIpc) is 3.35. The molecule has 1 amide bonds. The molecule has 2 atom stereocenters. The molecule has 0 saturated carbocycles. The first kappa shape index (κ1) is 21.7. The molecule has 0 aromatic carbocycles. The minimum atomic E-state index is 0. The number of nitrogens with zero attached hydrogens (tertiary/aromatic N) is 4. The van der Waals surface area contributed by atoms with Crippen LogP contribution in [0.2, 0.25) is 0 Å². The van der Waals surface area contributed by atoms with E-state index in [1.807, 2.05) is 0 Å². The van der Waals surface area contributed by atoms with Gasteiger partial charge in [0.2, 0.25) is 5.91 Å². The average molecular weight is 479 g/mol. The van der Waals surface area contributed by atoms with Crippen molar-refractivity contribution in [1.29, 1.82) is 0 Å². The summed E-state index contributed by atoms with van der Waals surface area (Å²) in [6, 6.07) is 0.627. The maximum atomic E-state index is 11.9. The van der Waals surface area contributed by atoms with Crippen LogP contribution in [0.4, 0.5) is 0 Å². The summed E-state index contributed by atoms with van der Waals surface area (Å²) in [5.41, 5.74) is 0. The molecule has 2 unspecified atom stereocenters. The van der Waals surface area contributed by atoms with Crippen LogP contribution in [0.5, 0.6) is 0 Å². The van der Waals surface area contributed by atoms with Gasteiger partial charge in [0.25, 0.3) is 0 Å². The number of ether oxygens (including phenoxy) is 1. The molecule has 1 N–H and O–H groups in total. The number of likely N-dealkylation sites (tertiary alicyclic amines) is 2. The molecule has 3 fully saturated rings. The third-order valence-electron chi connectivity index (χ3n) is 5.49. The van der Waals surface area contributed by atoms with E-state index in [2.05, 4.69) is 20.1 Å². The number of hydrogen-bond acceptors (Lipinski definition) is 4. The van der Waals surface area contributed by atoms with Crippen LogP contribution in [-0.4, -0.2) is 98.7 Å². The number of hydrogen-bond donors (Lipinski definition) is 1. The maximum Gasteiger partial charge on any atom is 0.243 e. The quantitative estimate of drug-likeness (QED) is 0.362. The molecule has 3 aliphatic rings. The van der Waals surface area contributed by atoms with Crippen LogP contribution in [0.3, 0.4) is 0 Å². The molecule has 3 rings (SSSR count). The molecule has 150 valence electrons. The summed E-state index contributed by atoms with van der Waals surface area (Å²) >= 11 is 0. The molecular weight excluding hydrogens is 445 g/mol. The van der Waals surface area contributed by atoms with Crippen molar-refractivity contribution in [2.45, 2.75) is 44.2 Å². The Morgan fingerprint density at radius 3 is 2.62 bits per heavy atom. The van der Waals surface area contributed by atoms with Gasteiger partial charge >= 0.3 is 0 Å². The molecule has 3 heterocycles. The second-order valence-electron chi connectivity index (χ2n) is 7.58. The highest BCUT2D eigenvalue weighted by atomic mass is 127. The van der Waals surface area contributed by atoms with E-state index in [4.69, 9.17) is 4.74 Å². The van der Waals surface area contributed by atoms with E-state index in [9.17, 15) is 4.79 Å². The molecule has 0 aromatic rings. The van der Waals surface area contributed by atoms with Crippen molar-refractivity contribution in [2.75, 3.05) is 60.0 Å². The maximum absolute atomic E-state index is 11.9. The molecule has 7 nitrogen and oxygen atoms in total. The lowest BCUT2D eigenvalue weighted by molar-refractivity contribution is -0.127. The number of halogens is 1. The van der Waals surface area contributed by atoms with Crippen molar-refractivity contribution in [2.24, 2.45) is 4.99 Å². The molecule has 0 bridgehead atoms. The van der Waals surface area contributed by atoms with E-state index in [1.54, 1.807) is 19.0 Å². The van der Waals surface area contributed by atoms with Gasteiger partial charge in [0.05, 0.1) is 6.10 Å². The fourth-order valence-corrected chi connectivity index (χ4v) is 3.90. The van der Waals surface area contributed by atoms with E-state index in [1.165, 1.54) is 32.4 Å². The van der Waals surface area contributed by atoms with Gasteiger partial charge in [0, 0.05) is 46.4 Å². The second kappa shape index (κ2) is 10.7. The van der Waals surface area contributed by atoms with Crippen LogP contribution in [-0.2, 0) is 9.53 Å². The highest BCUT2D eigenvalue weighted by Crippen LogP contribution is 2.20. The van der Waals surface area contributed by atoms with Crippen LogP contribution in [0.25, 0.3) is 0 Å². The Balaban J connectivity index is 0.00000243. The predicted molar refractivity (Wildman–Crippen MR) is 114 cm³/mol. The topological polar surface area (TPSA) is 60.4 Å². The molecule has 0 aromatic heterocycles. The summed E-state index contributed by atoms with van der Waals surface area (Å²) in [6.45, 7) is 6.31. The standard InChI is InChI=1S/C18H33N5O2.HI/c1-21(2)17(24)13-20-18(19-12-16-6-5-11-25-16)23-10-7-15(14-23)22-8-3-4-9-22;/h15-16H,3-14H2,1-2H3,(H,19,20);1H. The summed E-state index contributed by atoms with van der Waals surface area (Å²) < 4.78 is 5.71. The number of likely N-dealkylation sites (N-methyl/N-ethyl adjacent to an activating group) is 1. The Hall–Kier alpha value is -0.610. The van der Waals surface area contributed by atoms with Crippen molar-refractivity contribution in [3.05, 3.63) is 0 Å². The monoisotopic (exact) mass is 479 g/mol. The first-order chi connectivity index (χ1) is 12.1. The Morgan fingerprint density at radius 1 is 1.19 bits per heavy atom. The van der Waals surface area contributed by atoms with E-state index < -0.39 is 0 Å². The zero-order valence-corrected chi connectivity index (χ0v) is 18.5. The largest absolute Gasteiger partial charge is 0.376 e. The zero-order valence-electron chi connectivity index (χ0n) is 16.2. The number of carbonyl (C=O) groups excluding carboxylic acids is 1. The summed E-state index contributed by atoms with van der Waals surface area (Å²) in [4.78, 5) is 23.1. The Labute approximate surface area is 174 Å². The van der Waals surface area contributed by atoms with Crippen LogP contribution in [0.1, 0.15) is 32.1 Å². The van der Waals surface area contributed by atoms with Gasteiger partial charge in [0.1, 0.15) is 6.54 Å². The molecule has 3 aliphatic heterocycles. The first-order valence-corrected chi connectivity index (χ1v) is 9.72. The van der Waals surface area contributed by atoms with Crippen LogP contribution in [0, 0.1) is 0 Å². The molecule has 0 spiro atoms. The molecule has 26 heavy (non-hydrogen) atoms. The summed E-state index contributed by atoms with van der Waals surface area (Å²) in [5, 5.41) is 3.47. The fourth-order valence-electron chi connectivity index (χ4n) is 3.90. The summed E-state index contributed by atoms with van der Waals surface area (Å²) in [5.74, 6) is 0.902. The highest BCUT2D eigenvalue weighted by Gasteiger charge is 2.31. The predicted octanol–water partition coefficient (Wildman–Crippen LogP) is 0.987. The summed E-state index contributed by atoms with van der Waals surface area (Å²) in [6.07, 6.45) is 6.35. The fraction of sp³-hybridized carbons (Fsp3) is 0.889. The zero-order chi connectivity index (χ0) is 17.6. The molecular formula is C18H34IN5O2. The van der Waals surface area contributed by atoms with Gasteiger partial charge < -0.3 is 19.9 Å². The van der Waals surface area contributed by atoms with Crippen molar-refractivity contribution < 1.29 is 9.53 Å². The number of rotatable bonds is 5. The smallest absolute Gasteiger partial charge is 0.243 e. The van der Waals surface area contributed by atoms with Gasteiger partial charge in [-0.05, 0) is 45.2 Å². The van der Waals surface area contributed by atoms with Crippen molar-refractivity contribution in [3.8, 4) is 0 Å². The molecule has 0 aliphatic carbocycles. The number of carbonyl (C=O) groups is 1. The Bertz CT molecular complexity index is 476. The number of aliphatic imine (C=N–C) groups is 1. The van der Waals surface area contributed by atoms with Gasteiger partial charge in [-0.2, -0.15) is 0 Å². The van der Waals surface area contributed by atoms with Gasteiger partial charge in [0.15, 0.2) is 5.96 Å². The Morgan fingerprint density at radius 2 is 1.96 bits per heavy atom. The van der Waals surface area contributed by atoms with Gasteiger partial charge in [-0.15, -0.1) is 24.0 Å². The second-order valence-corrected chi connectivity index (χ2v) is 7.58. The van der Waals surface area contributed by atoms with Crippen LogP contribution < -0.4 is 5.32 Å². The first-order valence-electron chi connectivity index (χ1n) is 9.72. The molecule has 0 radical (unpaired) electrons. The highest BCUT2D eigenvalue weighted by molar-refractivity contribution is 14.0. The number of guanidine groups is 1. The lowest BCUT2D eigenvalue weighted by Crippen LogP contribution is -2.45. The number of amides is 1. The van der Waals surface area contributed by atoms with Crippen molar-refractivity contribution in [1.82, 2.24) is 20.0 Å². The summed E-state index contributed by atoms with van der Waals surface area (Å²) in [7, 11) is 3.55. The van der Waals surface area contributed by atoms with E-state index in [0.29, 0.717) is 6.04 Å². The Kier molecular flexibility index (Phi) is 8.89. The molecule has 8 heteroatoms.